The Morgan fingerprint density at radius 1 is 0.950 bits per heavy atom. The lowest BCUT2D eigenvalue weighted by Gasteiger charge is -2.30. The summed E-state index contributed by atoms with van der Waals surface area (Å²) >= 11 is 0. The molecule has 2 amide bonds. The maximum absolute atomic E-state index is 12.7. The maximum atomic E-state index is 12.7. The van der Waals surface area contributed by atoms with Crippen molar-refractivity contribution in [2.75, 3.05) is 0 Å². The molecule has 4 rings (SSSR count). The van der Waals surface area contributed by atoms with E-state index in [4.69, 9.17) is 0 Å². The summed E-state index contributed by atoms with van der Waals surface area (Å²) in [4.78, 5) is 26.9. The lowest BCUT2D eigenvalue weighted by molar-refractivity contribution is -0.146. The summed E-state index contributed by atoms with van der Waals surface area (Å²) in [6.45, 7) is 0. The number of amides is 2. The monoisotopic (exact) mass is 275 g/mol. The van der Waals surface area contributed by atoms with E-state index in [9.17, 15) is 14.7 Å². The van der Waals surface area contributed by atoms with Gasteiger partial charge < -0.3 is 5.11 Å². The molecule has 0 spiro atoms. The van der Waals surface area contributed by atoms with E-state index >= 15 is 0 Å². The number of aliphatic hydroxyl groups is 1. The van der Waals surface area contributed by atoms with E-state index in [0.29, 0.717) is 6.42 Å². The molecule has 2 bridgehead atoms. The van der Waals surface area contributed by atoms with E-state index < -0.39 is 6.10 Å². The fourth-order valence-corrected chi connectivity index (χ4v) is 4.82. The largest absolute Gasteiger partial charge is 0.391 e. The molecule has 3 fully saturated rings. The second-order valence-corrected chi connectivity index (χ2v) is 6.82. The van der Waals surface area contributed by atoms with E-state index in [1.54, 1.807) is 0 Å². The number of imide groups is 1. The van der Waals surface area contributed by atoms with Crippen LogP contribution in [-0.4, -0.2) is 34.0 Å². The van der Waals surface area contributed by atoms with E-state index in [1.165, 1.54) is 4.90 Å². The Morgan fingerprint density at radius 3 is 2.20 bits per heavy atom. The van der Waals surface area contributed by atoms with Gasteiger partial charge in [-0.05, 0) is 31.1 Å². The lowest BCUT2D eigenvalue weighted by atomic mass is 9.85. The van der Waals surface area contributed by atoms with E-state index in [1.807, 2.05) is 0 Å². The first kappa shape index (κ1) is 12.6. The van der Waals surface area contributed by atoms with Crippen molar-refractivity contribution in [3.63, 3.8) is 0 Å². The summed E-state index contributed by atoms with van der Waals surface area (Å²) in [6, 6.07) is -0.275. The van der Waals surface area contributed by atoms with Crippen molar-refractivity contribution in [3.8, 4) is 0 Å². The highest BCUT2D eigenvalue weighted by molar-refractivity contribution is 6.06. The third-order valence-electron chi connectivity index (χ3n) is 5.78. The number of fused-ring (bicyclic) bond motifs is 5. The third-order valence-corrected chi connectivity index (χ3v) is 5.78. The number of rotatable bonds is 1. The van der Waals surface area contributed by atoms with Crippen LogP contribution >= 0.6 is 0 Å². The molecule has 1 heterocycles. The predicted octanol–water partition coefficient (Wildman–Crippen LogP) is 1.49. The number of hydrogen-bond acceptors (Lipinski definition) is 3. The van der Waals surface area contributed by atoms with Gasteiger partial charge in [0.25, 0.3) is 0 Å². The molecular formula is C16H21NO3. The van der Waals surface area contributed by atoms with Crippen LogP contribution in [0, 0.1) is 23.7 Å². The Labute approximate surface area is 118 Å². The second kappa shape index (κ2) is 4.42. The zero-order chi connectivity index (χ0) is 13.9. The van der Waals surface area contributed by atoms with Gasteiger partial charge in [0.05, 0.1) is 24.0 Å². The molecule has 4 nitrogen and oxygen atoms in total. The van der Waals surface area contributed by atoms with Crippen LogP contribution in [0.15, 0.2) is 12.2 Å². The predicted molar refractivity (Wildman–Crippen MR) is 72.4 cm³/mol. The van der Waals surface area contributed by atoms with Gasteiger partial charge >= 0.3 is 0 Å². The summed E-state index contributed by atoms with van der Waals surface area (Å²) in [5.74, 6) is 0.232. The highest BCUT2D eigenvalue weighted by Gasteiger charge is 2.60. The third kappa shape index (κ3) is 1.57. The van der Waals surface area contributed by atoms with Gasteiger partial charge in [0, 0.05) is 0 Å². The fourth-order valence-electron chi connectivity index (χ4n) is 4.82. The molecule has 1 aliphatic heterocycles. The molecule has 0 aromatic carbocycles. The van der Waals surface area contributed by atoms with Crippen molar-refractivity contribution in [3.05, 3.63) is 12.2 Å². The summed E-state index contributed by atoms with van der Waals surface area (Å²) in [6.07, 6.45) is 9.22. The van der Waals surface area contributed by atoms with Crippen LogP contribution < -0.4 is 0 Å². The van der Waals surface area contributed by atoms with Crippen molar-refractivity contribution < 1.29 is 14.7 Å². The number of likely N-dealkylation sites (tertiary alicyclic amines) is 1. The molecule has 6 atom stereocenters. The Balaban J connectivity index is 1.63. The Hall–Kier alpha value is -1.16. The molecule has 2 saturated carbocycles. The molecular weight excluding hydrogens is 254 g/mol. The van der Waals surface area contributed by atoms with E-state index in [-0.39, 0.29) is 41.5 Å². The number of hydrogen-bond donors (Lipinski definition) is 1. The summed E-state index contributed by atoms with van der Waals surface area (Å²) in [5, 5.41) is 10.3. The van der Waals surface area contributed by atoms with Gasteiger partial charge in [-0.3, -0.25) is 14.5 Å². The molecule has 1 saturated heterocycles. The van der Waals surface area contributed by atoms with Crippen LogP contribution in [0.25, 0.3) is 0 Å². The van der Waals surface area contributed by atoms with Crippen molar-refractivity contribution in [2.45, 2.75) is 50.7 Å². The number of allylic oxidation sites excluding steroid dienone is 2. The van der Waals surface area contributed by atoms with Crippen molar-refractivity contribution in [1.29, 1.82) is 0 Å². The molecule has 4 aliphatic rings. The number of nitrogens with zero attached hydrogens (tertiary/aromatic N) is 1. The summed E-state index contributed by atoms with van der Waals surface area (Å²) in [5.41, 5.74) is 0. The second-order valence-electron chi connectivity index (χ2n) is 6.82. The summed E-state index contributed by atoms with van der Waals surface area (Å²) in [7, 11) is 0. The van der Waals surface area contributed by atoms with Gasteiger partial charge in [-0.1, -0.05) is 31.4 Å². The van der Waals surface area contributed by atoms with Gasteiger partial charge in [0.1, 0.15) is 0 Å². The molecule has 1 N–H and O–H groups in total. The normalized spacial score (nSPS) is 47.0. The Morgan fingerprint density at radius 2 is 1.55 bits per heavy atom. The number of carbonyl (C=O) groups is 2. The quantitative estimate of drug-likeness (QED) is 0.448. The first-order chi connectivity index (χ1) is 9.68. The van der Waals surface area contributed by atoms with Crippen LogP contribution in [0.2, 0.25) is 0 Å². The highest BCUT2D eigenvalue weighted by Crippen LogP contribution is 2.53. The Bertz CT molecular complexity index is 456. The first-order valence-electron chi connectivity index (χ1n) is 7.92. The maximum Gasteiger partial charge on any atom is 0.234 e. The van der Waals surface area contributed by atoms with E-state index in [0.717, 1.165) is 32.1 Å². The molecule has 0 aromatic rings. The van der Waals surface area contributed by atoms with E-state index in [2.05, 4.69) is 12.2 Å². The van der Waals surface area contributed by atoms with Crippen molar-refractivity contribution >= 4 is 11.8 Å². The van der Waals surface area contributed by atoms with Gasteiger partial charge in [-0.2, -0.15) is 0 Å². The molecule has 0 radical (unpaired) electrons. The molecule has 6 unspecified atom stereocenters. The van der Waals surface area contributed by atoms with Crippen LogP contribution in [-0.2, 0) is 9.59 Å². The number of carbonyl (C=O) groups excluding carboxylic acids is 2. The average Bonchev–Trinajstić information content (AvgIpc) is 3.05. The molecule has 4 heteroatoms. The molecule has 108 valence electrons. The van der Waals surface area contributed by atoms with Crippen molar-refractivity contribution in [1.82, 2.24) is 4.90 Å². The van der Waals surface area contributed by atoms with Gasteiger partial charge in [0.15, 0.2) is 0 Å². The van der Waals surface area contributed by atoms with Crippen LogP contribution in [0.3, 0.4) is 0 Å². The lowest BCUT2D eigenvalue weighted by Crippen LogP contribution is -2.47. The van der Waals surface area contributed by atoms with Crippen LogP contribution in [0.4, 0.5) is 0 Å². The number of aliphatic hydroxyl groups excluding tert-OH is 1. The topological polar surface area (TPSA) is 57.6 Å². The first-order valence-corrected chi connectivity index (χ1v) is 7.92. The fraction of sp³-hybridized carbons (Fsp3) is 0.750. The minimum atomic E-state index is -0.533. The van der Waals surface area contributed by atoms with Gasteiger partial charge in [0.2, 0.25) is 11.8 Å². The average molecular weight is 275 g/mol. The SMILES string of the molecule is O=C1C2C3C=CC(C3)C2C(=O)N1C1CCCCCC1O. The summed E-state index contributed by atoms with van der Waals surface area (Å²) < 4.78 is 0. The highest BCUT2D eigenvalue weighted by atomic mass is 16.3. The van der Waals surface area contributed by atoms with Crippen molar-refractivity contribution in [2.24, 2.45) is 23.7 Å². The van der Waals surface area contributed by atoms with Gasteiger partial charge in [-0.25, -0.2) is 0 Å². The minimum Gasteiger partial charge on any atom is -0.391 e. The molecule has 0 aromatic heterocycles. The Kier molecular flexibility index (Phi) is 2.78. The van der Waals surface area contributed by atoms with Gasteiger partial charge in [-0.15, -0.1) is 0 Å². The molecule has 3 aliphatic carbocycles. The zero-order valence-electron chi connectivity index (χ0n) is 11.6. The standard InChI is InChI=1S/C16H21NO3/c18-12-5-3-1-2-4-11(12)17-15(19)13-9-6-7-10(8-9)14(13)16(17)20/h6-7,9-14,18H,1-5,8H2. The zero-order valence-corrected chi connectivity index (χ0v) is 11.6. The minimum absolute atomic E-state index is 0.0113. The smallest absolute Gasteiger partial charge is 0.234 e. The molecule has 20 heavy (non-hydrogen) atoms. The van der Waals surface area contributed by atoms with Crippen LogP contribution in [0.1, 0.15) is 38.5 Å². The van der Waals surface area contributed by atoms with Crippen LogP contribution in [0.5, 0.6) is 0 Å².